The van der Waals surface area contributed by atoms with E-state index in [1.165, 1.54) is 0 Å². The van der Waals surface area contributed by atoms with E-state index in [1.54, 1.807) is 6.92 Å². The maximum atomic E-state index is 12.1. The molecule has 0 aliphatic heterocycles. The number of aryl methyl sites for hydroxylation is 1. The summed E-state index contributed by atoms with van der Waals surface area (Å²) < 4.78 is 6.00. The van der Waals surface area contributed by atoms with Crippen molar-refractivity contribution >= 4 is 21.9 Å². The third kappa shape index (κ3) is 1.95. The third-order valence-electron chi connectivity index (χ3n) is 3.97. The van der Waals surface area contributed by atoms with Gasteiger partial charge in [0.05, 0.1) is 0 Å². The average Bonchev–Trinajstić information content (AvgIpc) is 2.93. The lowest BCUT2D eigenvalue weighted by atomic mass is 9.99. The van der Waals surface area contributed by atoms with Gasteiger partial charge in [-0.2, -0.15) is 5.26 Å². The van der Waals surface area contributed by atoms with E-state index in [0.717, 1.165) is 21.9 Å². The zero-order valence-electron chi connectivity index (χ0n) is 12.4. The van der Waals surface area contributed by atoms with Crippen molar-refractivity contribution < 1.29 is 4.42 Å². The van der Waals surface area contributed by atoms with Gasteiger partial charge in [-0.15, -0.1) is 0 Å². The van der Waals surface area contributed by atoms with Crippen molar-refractivity contribution in [2.75, 3.05) is 0 Å². The van der Waals surface area contributed by atoms with E-state index in [0.29, 0.717) is 16.8 Å². The monoisotopic (exact) mass is 300 g/mol. The number of rotatable bonds is 1. The minimum Gasteiger partial charge on any atom is -0.455 e. The molecule has 0 unspecified atom stereocenters. The van der Waals surface area contributed by atoms with E-state index < -0.39 is 0 Å². The zero-order valence-corrected chi connectivity index (χ0v) is 12.4. The van der Waals surface area contributed by atoms with Crippen molar-refractivity contribution in [1.29, 1.82) is 5.26 Å². The van der Waals surface area contributed by atoms with Crippen LogP contribution in [0.15, 0.2) is 57.7 Å². The van der Waals surface area contributed by atoms with Crippen molar-refractivity contribution in [1.82, 2.24) is 4.98 Å². The molecule has 0 radical (unpaired) electrons. The molecule has 0 aliphatic rings. The van der Waals surface area contributed by atoms with Crippen LogP contribution in [0, 0.1) is 18.3 Å². The molecule has 1 N–H and O–H groups in total. The lowest BCUT2D eigenvalue weighted by Crippen LogP contribution is -2.12. The Bertz CT molecular complexity index is 1160. The molecule has 4 rings (SSSR count). The summed E-state index contributed by atoms with van der Waals surface area (Å²) in [5, 5.41) is 11.4. The predicted octanol–water partition coefficient (Wildman–Crippen LogP) is 4.12. The normalized spacial score (nSPS) is 11.0. The van der Waals surface area contributed by atoms with Crippen LogP contribution in [0.25, 0.3) is 33.1 Å². The number of benzene rings is 2. The van der Waals surface area contributed by atoms with E-state index in [4.69, 9.17) is 4.42 Å². The molecule has 0 spiro atoms. The average molecular weight is 300 g/mol. The number of hydrogen-bond acceptors (Lipinski definition) is 3. The quantitative estimate of drug-likeness (QED) is 0.575. The molecule has 23 heavy (non-hydrogen) atoms. The van der Waals surface area contributed by atoms with Gasteiger partial charge >= 0.3 is 0 Å². The van der Waals surface area contributed by atoms with Gasteiger partial charge in [-0.05, 0) is 19.1 Å². The number of nitrogens with zero attached hydrogens (tertiary/aromatic N) is 1. The molecule has 0 saturated carbocycles. The van der Waals surface area contributed by atoms with Gasteiger partial charge in [-0.3, -0.25) is 4.79 Å². The largest absolute Gasteiger partial charge is 0.455 e. The number of para-hydroxylation sites is 2. The van der Waals surface area contributed by atoms with Gasteiger partial charge in [-0.25, -0.2) is 0 Å². The molecule has 0 amide bonds. The Hall–Kier alpha value is -3.32. The van der Waals surface area contributed by atoms with Crippen molar-refractivity contribution in [3.05, 3.63) is 70.1 Å². The van der Waals surface area contributed by atoms with Crippen LogP contribution in [0.1, 0.15) is 11.3 Å². The molecule has 0 fully saturated rings. The fraction of sp³-hybridized carbons (Fsp3) is 0.0526. The highest BCUT2D eigenvalue weighted by Gasteiger charge is 2.16. The number of fused-ring (bicyclic) bond motifs is 3. The highest BCUT2D eigenvalue weighted by atomic mass is 16.3. The fourth-order valence-corrected chi connectivity index (χ4v) is 2.97. The van der Waals surface area contributed by atoms with E-state index in [-0.39, 0.29) is 11.1 Å². The maximum absolute atomic E-state index is 12.1. The van der Waals surface area contributed by atoms with Crippen molar-refractivity contribution in [3.8, 4) is 17.2 Å². The summed E-state index contributed by atoms with van der Waals surface area (Å²) in [6.07, 6.45) is 0. The van der Waals surface area contributed by atoms with Crippen LogP contribution in [0.2, 0.25) is 0 Å². The van der Waals surface area contributed by atoms with Crippen LogP contribution in [-0.4, -0.2) is 4.98 Å². The molecule has 110 valence electrons. The Morgan fingerprint density at radius 3 is 2.65 bits per heavy atom. The van der Waals surface area contributed by atoms with Crippen molar-refractivity contribution in [2.45, 2.75) is 6.92 Å². The number of aromatic nitrogens is 1. The van der Waals surface area contributed by atoms with Crippen LogP contribution in [0.5, 0.6) is 0 Å². The molecule has 0 bridgehead atoms. The Labute approximate surface area is 131 Å². The molecule has 4 aromatic rings. The summed E-state index contributed by atoms with van der Waals surface area (Å²) in [6, 6.07) is 17.4. The summed E-state index contributed by atoms with van der Waals surface area (Å²) in [5.41, 5.74) is 3.25. The molecule has 2 heterocycles. The van der Waals surface area contributed by atoms with Gasteiger partial charge in [-0.1, -0.05) is 36.4 Å². The predicted molar refractivity (Wildman–Crippen MR) is 89.2 cm³/mol. The highest BCUT2D eigenvalue weighted by Crippen LogP contribution is 2.36. The van der Waals surface area contributed by atoms with Gasteiger partial charge in [0.1, 0.15) is 22.8 Å². The smallest absolute Gasteiger partial charge is 0.266 e. The number of aromatic amines is 1. The van der Waals surface area contributed by atoms with Gasteiger partial charge in [0.25, 0.3) is 5.56 Å². The summed E-state index contributed by atoms with van der Waals surface area (Å²) >= 11 is 0. The van der Waals surface area contributed by atoms with Gasteiger partial charge in [0.15, 0.2) is 0 Å². The Kier molecular flexibility index (Phi) is 2.82. The first-order chi connectivity index (χ1) is 11.2. The van der Waals surface area contributed by atoms with E-state index in [9.17, 15) is 10.1 Å². The van der Waals surface area contributed by atoms with Crippen molar-refractivity contribution in [2.24, 2.45) is 0 Å². The summed E-state index contributed by atoms with van der Waals surface area (Å²) in [6.45, 7) is 1.80. The van der Waals surface area contributed by atoms with Crippen LogP contribution in [0.4, 0.5) is 0 Å². The number of pyridine rings is 1. The molecular weight excluding hydrogens is 288 g/mol. The summed E-state index contributed by atoms with van der Waals surface area (Å²) in [5.74, 6) is 0. The molecule has 4 nitrogen and oxygen atoms in total. The minimum absolute atomic E-state index is 0.101. The highest BCUT2D eigenvalue weighted by molar-refractivity contribution is 6.09. The Morgan fingerprint density at radius 2 is 1.83 bits per heavy atom. The first-order valence-electron chi connectivity index (χ1n) is 7.23. The van der Waals surface area contributed by atoms with E-state index in [1.807, 2.05) is 54.6 Å². The first kappa shape index (κ1) is 13.4. The second-order valence-corrected chi connectivity index (χ2v) is 5.46. The summed E-state index contributed by atoms with van der Waals surface area (Å²) in [4.78, 5) is 14.7. The van der Waals surface area contributed by atoms with E-state index in [2.05, 4.69) is 4.98 Å². The lowest BCUT2D eigenvalue weighted by Gasteiger charge is -2.06. The maximum Gasteiger partial charge on any atom is 0.266 e. The number of hydrogen-bond donors (Lipinski definition) is 1. The second kappa shape index (κ2) is 4.85. The number of nitrogens with one attached hydrogen (secondary N) is 1. The van der Waals surface area contributed by atoms with E-state index >= 15 is 0 Å². The first-order valence-corrected chi connectivity index (χ1v) is 7.23. The number of H-pyrrole nitrogens is 1. The second-order valence-electron chi connectivity index (χ2n) is 5.46. The zero-order chi connectivity index (χ0) is 16.0. The number of nitriles is 1. The molecule has 2 aromatic heterocycles. The van der Waals surface area contributed by atoms with Gasteiger partial charge in [0.2, 0.25) is 0 Å². The molecular formula is C19H12N2O2. The van der Waals surface area contributed by atoms with Crippen LogP contribution in [-0.2, 0) is 0 Å². The molecule has 0 aliphatic carbocycles. The Balaban J connectivity index is 2.16. The standard InChI is InChI=1S/C19H12N2O2/c1-11-9-15(16(10-20)19(22)21-11)14-7-4-6-13-12-5-2-3-8-17(12)23-18(13)14/h2-9H,1H3,(H,21,22). The Morgan fingerprint density at radius 1 is 1.04 bits per heavy atom. The molecule has 4 heteroatoms. The van der Waals surface area contributed by atoms with Crippen LogP contribution >= 0.6 is 0 Å². The summed E-state index contributed by atoms with van der Waals surface area (Å²) in [7, 11) is 0. The van der Waals surface area contributed by atoms with Crippen LogP contribution in [0.3, 0.4) is 0 Å². The third-order valence-corrected chi connectivity index (χ3v) is 3.97. The van der Waals surface area contributed by atoms with Crippen molar-refractivity contribution in [3.63, 3.8) is 0 Å². The van der Waals surface area contributed by atoms with Crippen LogP contribution < -0.4 is 5.56 Å². The topological polar surface area (TPSA) is 69.8 Å². The molecule has 0 saturated heterocycles. The van der Waals surface area contributed by atoms with Gasteiger partial charge < -0.3 is 9.40 Å². The number of furan rings is 1. The SMILES string of the molecule is Cc1cc(-c2cccc3c2oc2ccccc23)c(C#N)c(=O)[nH]1. The molecule has 2 aromatic carbocycles. The van der Waals surface area contributed by atoms with Gasteiger partial charge in [0, 0.05) is 27.6 Å². The fourth-order valence-electron chi connectivity index (χ4n) is 2.97. The minimum atomic E-state index is -0.379. The molecule has 0 atom stereocenters. The lowest BCUT2D eigenvalue weighted by molar-refractivity contribution is 0.670.